The van der Waals surface area contributed by atoms with Crippen molar-refractivity contribution in [3.8, 4) is 0 Å². The minimum Gasteiger partial charge on any atom is -0.461 e. The summed E-state index contributed by atoms with van der Waals surface area (Å²) in [6.45, 7) is 12.1. The van der Waals surface area contributed by atoms with Crippen molar-refractivity contribution in [2.75, 3.05) is 7.05 Å². The molecule has 4 rings (SSSR count). The van der Waals surface area contributed by atoms with Crippen molar-refractivity contribution < 1.29 is 29.0 Å². The lowest BCUT2D eigenvalue weighted by molar-refractivity contribution is -0.158. The molecule has 1 aromatic carbocycles. The molecule has 1 aliphatic heterocycles. The van der Waals surface area contributed by atoms with Gasteiger partial charge < -0.3 is 24.8 Å². The van der Waals surface area contributed by atoms with Gasteiger partial charge in [0.25, 0.3) is 0 Å². The van der Waals surface area contributed by atoms with Crippen LogP contribution in [-0.4, -0.2) is 53.3 Å². The van der Waals surface area contributed by atoms with E-state index in [-0.39, 0.29) is 54.3 Å². The molecule has 8 nitrogen and oxygen atoms in total. The quantitative estimate of drug-likeness (QED) is 0.287. The molecule has 0 saturated carbocycles. The van der Waals surface area contributed by atoms with Crippen molar-refractivity contribution in [3.05, 3.63) is 59.2 Å². The Morgan fingerprint density at radius 2 is 1.86 bits per heavy atom. The largest absolute Gasteiger partial charge is 0.461 e. The molecule has 3 aliphatic rings. The summed E-state index contributed by atoms with van der Waals surface area (Å²) in [6, 6.07) is 7.24. The van der Waals surface area contributed by atoms with Crippen LogP contribution in [-0.2, 0) is 31.2 Å². The second-order valence-corrected chi connectivity index (χ2v) is 13.8. The Kier molecular flexibility index (Phi) is 11.0. The zero-order valence-corrected chi connectivity index (χ0v) is 27.5. The second kappa shape index (κ2) is 14.3. The molecule has 1 heterocycles. The Bertz CT molecular complexity index is 1230. The maximum absolute atomic E-state index is 13.4. The maximum Gasteiger partial charge on any atom is 0.410 e. The van der Waals surface area contributed by atoms with E-state index in [1.54, 1.807) is 25.8 Å². The van der Waals surface area contributed by atoms with Crippen molar-refractivity contribution in [2.45, 2.75) is 110 Å². The zero-order chi connectivity index (χ0) is 32.2. The first-order valence-corrected chi connectivity index (χ1v) is 16.4. The minimum atomic E-state index is -0.953. The standard InChI is InChI=1S/C36H52N2O6/c1-8-23(3)34(40)44-31-18-22(2)17-26-12-9-24(4)30(33(26)31)16-15-29-19-28(20-32(39)37-7)38(35(41)43-29)21-25-10-13-27(14-11-25)36(5,6)42/h9-14,17,22-24,28-31,33,42H,8,15-16,18-21H2,1-7H3,(H,37,39)/t22-,23-,24-,28+,29+,30-,31-,33-/m0/s1. The zero-order valence-electron chi connectivity index (χ0n) is 27.5. The number of hydrogen-bond donors (Lipinski definition) is 2. The van der Waals surface area contributed by atoms with E-state index in [1.807, 2.05) is 38.1 Å². The first kappa shape index (κ1) is 33.8. The first-order valence-electron chi connectivity index (χ1n) is 16.4. The Labute approximate surface area is 263 Å². The van der Waals surface area contributed by atoms with Crippen LogP contribution in [0.15, 0.2) is 48.1 Å². The number of ether oxygens (including phenoxy) is 2. The number of rotatable bonds is 11. The highest BCUT2D eigenvalue weighted by Crippen LogP contribution is 2.45. The molecule has 0 aromatic heterocycles. The Balaban J connectivity index is 1.47. The van der Waals surface area contributed by atoms with Gasteiger partial charge in [-0.15, -0.1) is 0 Å². The Hall–Kier alpha value is -3.13. The molecule has 0 unspecified atom stereocenters. The van der Waals surface area contributed by atoms with E-state index >= 15 is 0 Å². The van der Waals surface area contributed by atoms with Crippen LogP contribution in [0.3, 0.4) is 0 Å². The average Bonchev–Trinajstić information content (AvgIpc) is 2.97. The SMILES string of the molecule is CC[C@H](C)C(=O)O[C@H]1C[C@@H](C)C=C2C=C[C@H](C)[C@H](CC[C@@H]3C[C@H](CC(=O)NC)N(Cc4ccc(C(C)(C)O)cc4)C(=O)O3)[C@H]21. The van der Waals surface area contributed by atoms with Crippen molar-refractivity contribution in [1.82, 2.24) is 10.2 Å². The lowest BCUT2D eigenvalue weighted by Gasteiger charge is -2.44. The van der Waals surface area contributed by atoms with E-state index in [1.165, 1.54) is 5.57 Å². The van der Waals surface area contributed by atoms with Crippen molar-refractivity contribution in [1.29, 1.82) is 0 Å². The van der Waals surface area contributed by atoms with Crippen molar-refractivity contribution in [2.24, 2.45) is 29.6 Å². The number of nitrogens with one attached hydrogen (secondary N) is 1. The van der Waals surface area contributed by atoms with E-state index in [0.717, 1.165) is 30.4 Å². The van der Waals surface area contributed by atoms with Gasteiger partial charge in [0.2, 0.25) is 5.91 Å². The molecule has 242 valence electrons. The van der Waals surface area contributed by atoms with Gasteiger partial charge in [0.05, 0.1) is 11.5 Å². The third kappa shape index (κ3) is 8.12. The molecule has 2 aliphatic carbocycles. The molecular weight excluding hydrogens is 556 g/mol. The van der Waals surface area contributed by atoms with Crippen LogP contribution in [0.25, 0.3) is 0 Å². The fourth-order valence-electron chi connectivity index (χ4n) is 6.96. The number of hydrogen-bond acceptors (Lipinski definition) is 6. The van der Waals surface area contributed by atoms with Crippen LogP contribution in [0.4, 0.5) is 4.79 Å². The Morgan fingerprint density at radius 3 is 2.50 bits per heavy atom. The second-order valence-electron chi connectivity index (χ2n) is 13.8. The van der Waals surface area contributed by atoms with Gasteiger partial charge in [0.15, 0.2) is 0 Å². The third-order valence-electron chi connectivity index (χ3n) is 9.89. The highest BCUT2D eigenvalue weighted by Gasteiger charge is 2.43. The van der Waals surface area contributed by atoms with E-state index in [2.05, 4.69) is 37.4 Å². The molecule has 44 heavy (non-hydrogen) atoms. The summed E-state index contributed by atoms with van der Waals surface area (Å²) < 4.78 is 12.2. The lowest BCUT2D eigenvalue weighted by Crippen LogP contribution is -2.50. The number of fused-ring (bicyclic) bond motifs is 1. The van der Waals surface area contributed by atoms with Crippen LogP contribution in [0.2, 0.25) is 0 Å². The highest BCUT2D eigenvalue weighted by molar-refractivity contribution is 5.78. The summed E-state index contributed by atoms with van der Waals surface area (Å²) in [6.07, 6.45) is 9.72. The summed E-state index contributed by atoms with van der Waals surface area (Å²) >= 11 is 0. The monoisotopic (exact) mass is 608 g/mol. The number of aliphatic hydroxyl groups is 1. The number of amides is 2. The number of cyclic esters (lactones) is 1. The average molecular weight is 609 g/mol. The summed E-state index contributed by atoms with van der Waals surface area (Å²) in [5, 5.41) is 13.0. The summed E-state index contributed by atoms with van der Waals surface area (Å²) in [7, 11) is 1.61. The van der Waals surface area contributed by atoms with Crippen molar-refractivity contribution >= 4 is 18.0 Å². The molecule has 8 atom stereocenters. The molecule has 1 saturated heterocycles. The first-order chi connectivity index (χ1) is 20.8. The normalized spacial score (nSPS) is 29.3. The Morgan fingerprint density at radius 1 is 1.16 bits per heavy atom. The van der Waals surface area contributed by atoms with Gasteiger partial charge in [0.1, 0.15) is 12.2 Å². The van der Waals surface area contributed by atoms with Crippen LogP contribution >= 0.6 is 0 Å². The fraction of sp³-hybridized carbons (Fsp3) is 0.639. The molecule has 2 N–H and O–H groups in total. The lowest BCUT2D eigenvalue weighted by atomic mass is 9.65. The molecule has 0 bridgehead atoms. The molecule has 2 amide bonds. The van der Waals surface area contributed by atoms with E-state index < -0.39 is 11.7 Å². The van der Waals surface area contributed by atoms with Crippen LogP contribution in [0, 0.1) is 29.6 Å². The highest BCUT2D eigenvalue weighted by atomic mass is 16.6. The van der Waals surface area contributed by atoms with Gasteiger partial charge in [-0.25, -0.2) is 4.79 Å². The van der Waals surface area contributed by atoms with E-state index in [9.17, 15) is 19.5 Å². The molecule has 1 fully saturated rings. The summed E-state index contributed by atoms with van der Waals surface area (Å²) in [5.74, 6) is 0.613. The van der Waals surface area contributed by atoms with Gasteiger partial charge in [-0.2, -0.15) is 0 Å². The smallest absolute Gasteiger partial charge is 0.410 e. The van der Waals surface area contributed by atoms with Gasteiger partial charge in [-0.1, -0.05) is 70.2 Å². The number of esters is 1. The molecule has 1 aromatic rings. The maximum atomic E-state index is 13.4. The predicted molar refractivity (Wildman–Crippen MR) is 170 cm³/mol. The molecule has 0 radical (unpaired) electrons. The molecule has 0 spiro atoms. The van der Waals surface area contributed by atoms with Gasteiger partial charge in [-0.3, -0.25) is 9.59 Å². The van der Waals surface area contributed by atoms with Crippen LogP contribution in [0.1, 0.15) is 91.2 Å². The summed E-state index contributed by atoms with van der Waals surface area (Å²) in [5.41, 5.74) is 1.99. The minimum absolute atomic E-state index is 0.114. The van der Waals surface area contributed by atoms with Gasteiger partial charge in [0, 0.05) is 38.4 Å². The number of benzene rings is 1. The van der Waals surface area contributed by atoms with E-state index in [4.69, 9.17) is 9.47 Å². The van der Waals surface area contributed by atoms with Crippen LogP contribution < -0.4 is 5.32 Å². The number of carbonyl (C=O) groups is 3. The topological polar surface area (TPSA) is 105 Å². The number of carbonyl (C=O) groups excluding carboxylic acids is 3. The number of nitrogens with zero attached hydrogens (tertiary/aromatic N) is 1. The van der Waals surface area contributed by atoms with Crippen molar-refractivity contribution in [3.63, 3.8) is 0 Å². The van der Waals surface area contributed by atoms with Crippen LogP contribution in [0.5, 0.6) is 0 Å². The van der Waals surface area contributed by atoms with Gasteiger partial charge in [-0.05, 0) is 74.0 Å². The molecule has 8 heteroatoms. The van der Waals surface area contributed by atoms with E-state index in [0.29, 0.717) is 31.2 Å². The predicted octanol–water partition coefficient (Wildman–Crippen LogP) is 6.27. The fourth-order valence-corrected chi connectivity index (χ4v) is 6.96. The number of allylic oxidation sites excluding steroid dienone is 3. The van der Waals surface area contributed by atoms with Gasteiger partial charge >= 0.3 is 12.1 Å². The third-order valence-corrected chi connectivity index (χ3v) is 9.89. The molecular formula is C36H52N2O6. The summed E-state index contributed by atoms with van der Waals surface area (Å²) in [4.78, 5) is 40.4.